The first-order valence-electron chi connectivity index (χ1n) is 3.58. The fraction of sp³-hybridized carbons (Fsp3) is 1.00. The van der Waals surface area contributed by atoms with Crippen LogP contribution in [0.1, 0.15) is 26.2 Å². The molecule has 0 spiro atoms. The molecule has 0 bridgehead atoms. The molecule has 0 amide bonds. The molecule has 1 fully saturated rings. The van der Waals surface area contributed by atoms with Crippen molar-refractivity contribution in [3.8, 4) is 0 Å². The molecule has 3 N–H and O–H groups in total. The molecule has 0 aromatic carbocycles. The minimum atomic E-state index is 0.0972. The smallest absolute Gasteiger partial charge is 0.0502 e. The van der Waals surface area contributed by atoms with Gasteiger partial charge in [-0.2, -0.15) is 0 Å². The molecular weight excluding hydrogens is 114 g/mol. The zero-order chi connectivity index (χ0) is 6.91. The van der Waals surface area contributed by atoms with Crippen LogP contribution >= 0.6 is 0 Å². The highest BCUT2D eigenvalue weighted by molar-refractivity contribution is 4.93. The van der Waals surface area contributed by atoms with Gasteiger partial charge in [-0.05, 0) is 19.8 Å². The summed E-state index contributed by atoms with van der Waals surface area (Å²) >= 11 is 0. The van der Waals surface area contributed by atoms with Gasteiger partial charge in [-0.1, -0.05) is 6.42 Å². The van der Waals surface area contributed by atoms with Gasteiger partial charge in [0.15, 0.2) is 0 Å². The van der Waals surface area contributed by atoms with Gasteiger partial charge in [0.25, 0.3) is 0 Å². The molecule has 1 rings (SSSR count). The van der Waals surface area contributed by atoms with E-state index in [4.69, 9.17) is 10.8 Å². The second kappa shape index (κ2) is 2.27. The topological polar surface area (TPSA) is 46.2 Å². The van der Waals surface area contributed by atoms with Gasteiger partial charge < -0.3 is 10.8 Å². The molecule has 1 aliphatic rings. The van der Waals surface area contributed by atoms with Gasteiger partial charge in [0.2, 0.25) is 0 Å². The van der Waals surface area contributed by atoms with Gasteiger partial charge in [0, 0.05) is 11.5 Å². The van der Waals surface area contributed by atoms with Crippen molar-refractivity contribution < 1.29 is 5.11 Å². The molecule has 1 saturated carbocycles. The lowest BCUT2D eigenvalue weighted by Gasteiger charge is -2.43. The maximum Gasteiger partial charge on any atom is 0.0502 e. The predicted molar refractivity (Wildman–Crippen MR) is 37.0 cm³/mol. The fourth-order valence-electron chi connectivity index (χ4n) is 1.39. The Morgan fingerprint density at radius 3 is 2.22 bits per heavy atom. The normalized spacial score (nSPS) is 27.0. The van der Waals surface area contributed by atoms with Crippen molar-refractivity contribution in [3.05, 3.63) is 0 Å². The predicted octanol–water partition coefficient (Wildman–Crippen LogP) is 0.496. The van der Waals surface area contributed by atoms with Gasteiger partial charge in [-0.15, -0.1) is 0 Å². The minimum Gasteiger partial charge on any atom is -0.396 e. The summed E-state index contributed by atoms with van der Waals surface area (Å²) < 4.78 is 0. The van der Waals surface area contributed by atoms with Crippen molar-refractivity contribution in [1.82, 2.24) is 0 Å². The second-order valence-corrected chi connectivity index (χ2v) is 3.16. The van der Waals surface area contributed by atoms with Crippen molar-refractivity contribution >= 4 is 0 Å². The van der Waals surface area contributed by atoms with Gasteiger partial charge in [-0.25, -0.2) is 0 Å². The molecule has 1 atom stereocenters. The summed E-state index contributed by atoms with van der Waals surface area (Å²) in [5.41, 5.74) is 5.78. The Hall–Kier alpha value is -0.0800. The summed E-state index contributed by atoms with van der Waals surface area (Å²) in [6.45, 7) is 2.25. The maximum absolute atomic E-state index is 8.93. The Labute approximate surface area is 56.1 Å². The lowest BCUT2D eigenvalue weighted by Crippen LogP contribution is -2.47. The Morgan fingerprint density at radius 2 is 2.22 bits per heavy atom. The van der Waals surface area contributed by atoms with Crippen molar-refractivity contribution in [2.24, 2.45) is 11.1 Å². The third-order valence-corrected chi connectivity index (χ3v) is 2.63. The maximum atomic E-state index is 8.93. The van der Waals surface area contributed by atoms with E-state index >= 15 is 0 Å². The first kappa shape index (κ1) is 7.03. The second-order valence-electron chi connectivity index (χ2n) is 3.16. The highest BCUT2D eigenvalue weighted by Crippen LogP contribution is 2.42. The highest BCUT2D eigenvalue weighted by Gasteiger charge is 2.39. The third-order valence-electron chi connectivity index (χ3n) is 2.63. The average molecular weight is 129 g/mol. The average Bonchev–Trinajstić information content (AvgIpc) is 1.62. The van der Waals surface area contributed by atoms with Crippen LogP contribution in [0.5, 0.6) is 0 Å². The first-order chi connectivity index (χ1) is 4.21. The molecule has 0 radical (unpaired) electrons. The quantitative estimate of drug-likeness (QED) is 0.570. The molecule has 2 heteroatoms. The largest absolute Gasteiger partial charge is 0.396 e. The first-order valence-corrected chi connectivity index (χ1v) is 3.58. The molecular formula is C7H15NO. The molecule has 9 heavy (non-hydrogen) atoms. The standard InChI is InChI=1S/C7H15NO/c1-6(8)7(5-9)3-2-4-7/h6,9H,2-5,8H2,1H3/t6-/m0/s1. The molecule has 0 aromatic rings. The number of rotatable bonds is 2. The van der Waals surface area contributed by atoms with Crippen LogP contribution < -0.4 is 5.73 Å². The summed E-state index contributed by atoms with van der Waals surface area (Å²) in [5.74, 6) is 0. The summed E-state index contributed by atoms with van der Waals surface area (Å²) in [5, 5.41) is 8.93. The SMILES string of the molecule is C[C@H](N)C1(CO)CCC1. The van der Waals surface area contributed by atoms with Crippen molar-refractivity contribution in [1.29, 1.82) is 0 Å². The van der Waals surface area contributed by atoms with E-state index in [1.807, 2.05) is 6.92 Å². The molecule has 0 heterocycles. The Balaban J connectivity index is 2.46. The summed E-state index contributed by atoms with van der Waals surface area (Å²) in [6.07, 6.45) is 3.46. The van der Waals surface area contributed by atoms with Crippen molar-refractivity contribution in [3.63, 3.8) is 0 Å². The van der Waals surface area contributed by atoms with Crippen LogP contribution in [0.2, 0.25) is 0 Å². The number of hydrogen-bond acceptors (Lipinski definition) is 2. The lowest BCUT2D eigenvalue weighted by molar-refractivity contribution is 0.0247. The number of aliphatic hydroxyl groups excluding tert-OH is 1. The molecule has 1 aliphatic carbocycles. The van der Waals surface area contributed by atoms with Gasteiger partial charge in [0.05, 0.1) is 6.61 Å². The van der Waals surface area contributed by atoms with Crippen LogP contribution in [0.15, 0.2) is 0 Å². The van der Waals surface area contributed by atoms with E-state index in [0.29, 0.717) is 0 Å². The Morgan fingerprint density at radius 1 is 1.67 bits per heavy atom. The number of nitrogens with two attached hydrogens (primary N) is 1. The van der Waals surface area contributed by atoms with Crippen molar-refractivity contribution in [2.75, 3.05) is 6.61 Å². The van der Waals surface area contributed by atoms with Gasteiger partial charge >= 0.3 is 0 Å². The summed E-state index contributed by atoms with van der Waals surface area (Å²) in [7, 11) is 0. The van der Waals surface area contributed by atoms with Crippen LogP contribution in [-0.4, -0.2) is 17.8 Å². The lowest BCUT2D eigenvalue weighted by atomic mass is 9.65. The molecule has 54 valence electrons. The van der Waals surface area contributed by atoms with E-state index in [0.717, 1.165) is 12.8 Å². The van der Waals surface area contributed by atoms with Crippen molar-refractivity contribution in [2.45, 2.75) is 32.2 Å². The van der Waals surface area contributed by atoms with Gasteiger partial charge in [0.1, 0.15) is 0 Å². The van der Waals surface area contributed by atoms with E-state index in [-0.39, 0.29) is 18.1 Å². The zero-order valence-corrected chi connectivity index (χ0v) is 5.93. The molecule has 2 nitrogen and oxygen atoms in total. The van der Waals surface area contributed by atoms with E-state index in [1.54, 1.807) is 0 Å². The summed E-state index contributed by atoms with van der Waals surface area (Å²) in [6, 6.07) is 0.163. The summed E-state index contributed by atoms with van der Waals surface area (Å²) in [4.78, 5) is 0. The third kappa shape index (κ3) is 0.970. The highest BCUT2D eigenvalue weighted by atomic mass is 16.3. The van der Waals surface area contributed by atoms with Crippen LogP contribution in [0.25, 0.3) is 0 Å². The monoisotopic (exact) mass is 129 g/mol. The van der Waals surface area contributed by atoms with Crippen LogP contribution in [0, 0.1) is 5.41 Å². The van der Waals surface area contributed by atoms with E-state index in [2.05, 4.69) is 0 Å². The molecule has 0 saturated heterocycles. The van der Waals surface area contributed by atoms with E-state index in [9.17, 15) is 0 Å². The number of aliphatic hydroxyl groups is 1. The van der Waals surface area contributed by atoms with E-state index in [1.165, 1.54) is 6.42 Å². The number of hydrogen-bond donors (Lipinski definition) is 2. The fourth-order valence-corrected chi connectivity index (χ4v) is 1.39. The van der Waals surface area contributed by atoms with Crippen LogP contribution in [0.3, 0.4) is 0 Å². The Kier molecular flexibility index (Phi) is 1.78. The van der Waals surface area contributed by atoms with Crippen LogP contribution in [-0.2, 0) is 0 Å². The molecule has 0 unspecified atom stereocenters. The molecule has 0 aliphatic heterocycles. The Bertz CT molecular complexity index is 91.6. The van der Waals surface area contributed by atoms with Crippen LogP contribution in [0.4, 0.5) is 0 Å². The zero-order valence-electron chi connectivity index (χ0n) is 5.93. The minimum absolute atomic E-state index is 0.0972. The van der Waals surface area contributed by atoms with Gasteiger partial charge in [-0.3, -0.25) is 0 Å². The molecule has 0 aromatic heterocycles. The van der Waals surface area contributed by atoms with E-state index < -0.39 is 0 Å².